The number of hydrogen-bond acceptors (Lipinski definition) is 4. The lowest BCUT2D eigenvalue weighted by Gasteiger charge is -2.20. The van der Waals surface area contributed by atoms with Crippen molar-refractivity contribution < 1.29 is 4.79 Å². The Bertz CT molecular complexity index is 616. The van der Waals surface area contributed by atoms with Gasteiger partial charge in [0.15, 0.2) is 0 Å². The highest BCUT2D eigenvalue weighted by Crippen LogP contribution is 2.20. The number of amides is 1. The number of pyridine rings is 1. The Morgan fingerprint density at radius 2 is 2.05 bits per heavy atom. The molecule has 0 aliphatic rings. The number of benzene rings is 1. The fraction of sp³-hybridized carbons (Fsp3) is 0.286. The summed E-state index contributed by atoms with van der Waals surface area (Å²) in [5.74, 6) is -0.0275. The lowest BCUT2D eigenvalue weighted by Crippen LogP contribution is -2.40. The van der Waals surface area contributed by atoms with Crippen LogP contribution in [0.1, 0.15) is 24.2 Å². The lowest BCUT2D eigenvalue weighted by atomic mass is 10.1. The predicted octanol–water partition coefficient (Wildman–Crippen LogP) is 1.48. The number of fused-ring (bicyclic) bond motifs is 1. The van der Waals surface area contributed by atoms with Crippen molar-refractivity contribution in [3.8, 4) is 0 Å². The normalized spacial score (nSPS) is 11.5. The Morgan fingerprint density at radius 3 is 2.68 bits per heavy atom. The summed E-state index contributed by atoms with van der Waals surface area (Å²) in [5, 5.41) is 3.97. The minimum atomic E-state index is -0.504. The number of aromatic nitrogens is 1. The number of para-hydroxylation sites is 1. The van der Waals surface area contributed by atoms with Crippen LogP contribution in [-0.2, 0) is 0 Å². The van der Waals surface area contributed by atoms with Gasteiger partial charge in [0.25, 0.3) is 5.91 Å². The molecule has 100 valence electrons. The van der Waals surface area contributed by atoms with Gasteiger partial charge in [-0.05, 0) is 26.0 Å². The van der Waals surface area contributed by atoms with Gasteiger partial charge < -0.3 is 16.8 Å². The topological polar surface area (TPSA) is 94.0 Å². The van der Waals surface area contributed by atoms with Gasteiger partial charge in [-0.3, -0.25) is 4.79 Å². The second-order valence-corrected chi connectivity index (χ2v) is 5.28. The first-order valence-corrected chi connectivity index (χ1v) is 6.09. The van der Waals surface area contributed by atoms with Crippen LogP contribution in [0, 0.1) is 0 Å². The van der Waals surface area contributed by atoms with Gasteiger partial charge in [-0.1, -0.05) is 18.2 Å². The van der Waals surface area contributed by atoms with Crippen LogP contribution in [-0.4, -0.2) is 23.0 Å². The van der Waals surface area contributed by atoms with Crippen LogP contribution in [0.4, 0.5) is 5.82 Å². The van der Waals surface area contributed by atoms with Crippen LogP contribution in [0.5, 0.6) is 0 Å². The Kier molecular flexibility index (Phi) is 3.40. The van der Waals surface area contributed by atoms with E-state index in [1.165, 1.54) is 0 Å². The molecule has 0 atom stereocenters. The van der Waals surface area contributed by atoms with Crippen LogP contribution in [0.3, 0.4) is 0 Å². The molecule has 5 heteroatoms. The molecule has 0 unspecified atom stereocenters. The molecule has 0 saturated heterocycles. The van der Waals surface area contributed by atoms with E-state index < -0.39 is 11.4 Å². The van der Waals surface area contributed by atoms with Crippen molar-refractivity contribution in [1.29, 1.82) is 0 Å². The summed E-state index contributed by atoms with van der Waals surface area (Å²) < 4.78 is 0. The molecule has 0 aliphatic heterocycles. The van der Waals surface area contributed by atoms with Gasteiger partial charge in [-0.2, -0.15) is 0 Å². The van der Waals surface area contributed by atoms with Gasteiger partial charge in [-0.15, -0.1) is 0 Å². The van der Waals surface area contributed by atoms with Crippen LogP contribution >= 0.6 is 0 Å². The fourth-order valence-electron chi connectivity index (χ4n) is 1.75. The summed E-state index contributed by atoms with van der Waals surface area (Å²) in [6.07, 6.45) is 0. The van der Waals surface area contributed by atoms with Crippen molar-refractivity contribution >= 4 is 22.6 Å². The minimum Gasteiger partial charge on any atom is -0.368 e. The van der Waals surface area contributed by atoms with Gasteiger partial charge in [0.05, 0.1) is 11.1 Å². The van der Waals surface area contributed by atoms with Crippen LogP contribution in [0.15, 0.2) is 30.3 Å². The highest BCUT2D eigenvalue weighted by atomic mass is 16.1. The molecule has 1 aromatic carbocycles. The quantitative estimate of drug-likeness (QED) is 0.774. The van der Waals surface area contributed by atoms with Gasteiger partial charge >= 0.3 is 0 Å². The zero-order chi connectivity index (χ0) is 14.0. The Hall–Kier alpha value is -2.14. The van der Waals surface area contributed by atoms with Gasteiger partial charge in [-0.25, -0.2) is 4.98 Å². The number of primary amides is 1. The molecular weight excluding hydrogens is 240 g/mol. The van der Waals surface area contributed by atoms with E-state index in [0.29, 0.717) is 17.9 Å². The zero-order valence-corrected chi connectivity index (χ0v) is 11.1. The summed E-state index contributed by atoms with van der Waals surface area (Å²) in [4.78, 5) is 15.9. The van der Waals surface area contributed by atoms with Gasteiger partial charge in [0, 0.05) is 17.5 Å². The number of rotatable bonds is 4. The van der Waals surface area contributed by atoms with Crippen molar-refractivity contribution in [3.63, 3.8) is 0 Å². The largest absolute Gasteiger partial charge is 0.368 e. The standard InChI is InChI=1S/C14H18N4O/c1-14(2,16)8-17-13-10(12(15)19)7-9-5-3-4-6-11(9)18-13/h3-7H,8,16H2,1-2H3,(H2,15,19)(H,17,18). The average molecular weight is 258 g/mol. The fourth-order valence-corrected chi connectivity index (χ4v) is 1.75. The summed E-state index contributed by atoms with van der Waals surface area (Å²) in [5.41, 5.74) is 12.1. The molecule has 2 rings (SSSR count). The first kappa shape index (κ1) is 13.3. The van der Waals surface area contributed by atoms with Crippen molar-refractivity contribution in [2.75, 3.05) is 11.9 Å². The number of anilines is 1. The molecule has 2 aromatic rings. The number of carbonyl (C=O) groups excluding carboxylic acids is 1. The third kappa shape index (κ3) is 3.20. The van der Waals surface area contributed by atoms with Crippen molar-refractivity contribution in [2.45, 2.75) is 19.4 Å². The summed E-state index contributed by atoms with van der Waals surface area (Å²) in [7, 11) is 0. The van der Waals surface area contributed by atoms with E-state index in [9.17, 15) is 4.79 Å². The molecule has 0 saturated carbocycles. The molecule has 0 radical (unpaired) electrons. The minimum absolute atomic E-state index is 0.378. The molecule has 0 fully saturated rings. The van der Waals surface area contributed by atoms with E-state index in [1.54, 1.807) is 6.07 Å². The molecule has 5 N–H and O–H groups in total. The summed E-state index contributed by atoms with van der Waals surface area (Å²) >= 11 is 0. The van der Waals surface area contributed by atoms with Crippen LogP contribution in [0.25, 0.3) is 10.9 Å². The first-order valence-electron chi connectivity index (χ1n) is 6.09. The number of nitrogens with two attached hydrogens (primary N) is 2. The van der Waals surface area contributed by atoms with Crippen molar-refractivity contribution in [3.05, 3.63) is 35.9 Å². The number of carbonyl (C=O) groups is 1. The number of hydrogen-bond donors (Lipinski definition) is 3. The SMILES string of the molecule is CC(C)(N)CNc1nc2ccccc2cc1C(N)=O. The molecule has 0 spiro atoms. The smallest absolute Gasteiger partial charge is 0.252 e. The maximum atomic E-state index is 11.5. The second kappa shape index (κ2) is 4.85. The monoisotopic (exact) mass is 258 g/mol. The second-order valence-electron chi connectivity index (χ2n) is 5.28. The maximum absolute atomic E-state index is 11.5. The molecule has 5 nitrogen and oxygen atoms in total. The lowest BCUT2D eigenvalue weighted by molar-refractivity contribution is 0.100. The van der Waals surface area contributed by atoms with E-state index in [2.05, 4.69) is 10.3 Å². The Morgan fingerprint density at radius 1 is 1.37 bits per heavy atom. The first-order chi connectivity index (χ1) is 8.87. The third-order valence-corrected chi connectivity index (χ3v) is 2.70. The Labute approximate surface area is 112 Å². The molecule has 0 bridgehead atoms. The number of nitrogens with zero attached hydrogens (tertiary/aromatic N) is 1. The highest BCUT2D eigenvalue weighted by molar-refractivity contribution is 6.01. The van der Waals surface area contributed by atoms with E-state index in [0.717, 1.165) is 10.9 Å². The molecular formula is C14H18N4O. The summed E-state index contributed by atoms with van der Waals surface area (Å²) in [6, 6.07) is 9.32. The molecule has 0 aliphatic carbocycles. The van der Waals surface area contributed by atoms with E-state index in [-0.39, 0.29) is 0 Å². The predicted molar refractivity (Wildman–Crippen MR) is 77.0 cm³/mol. The van der Waals surface area contributed by atoms with Gasteiger partial charge in [0.1, 0.15) is 5.82 Å². The summed E-state index contributed by atoms with van der Waals surface area (Å²) in [6.45, 7) is 4.29. The van der Waals surface area contributed by atoms with Crippen LogP contribution in [0.2, 0.25) is 0 Å². The molecule has 1 amide bonds. The molecule has 1 heterocycles. The Balaban J connectivity index is 2.45. The van der Waals surface area contributed by atoms with Crippen molar-refractivity contribution in [2.24, 2.45) is 11.5 Å². The van der Waals surface area contributed by atoms with Crippen molar-refractivity contribution in [1.82, 2.24) is 4.98 Å². The molecule has 19 heavy (non-hydrogen) atoms. The molecule has 1 aromatic heterocycles. The average Bonchev–Trinajstić information content (AvgIpc) is 2.34. The van der Waals surface area contributed by atoms with E-state index in [4.69, 9.17) is 11.5 Å². The van der Waals surface area contributed by atoms with Gasteiger partial charge in [0.2, 0.25) is 0 Å². The maximum Gasteiger partial charge on any atom is 0.252 e. The highest BCUT2D eigenvalue weighted by Gasteiger charge is 2.15. The third-order valence-electron chi connectivity index (χ3n) is 2.70. The number of nitrogens with one attached hydrogen (secondary N) is 1. The zero-order valence-electron chi connectivity index (χ0n) is 11.1. The van der Waals surface area contributed by atoms with E-state index >= 15 is 0 Å². The van der Waals surface area contributed by atoms with E-state index in [1.807, 2.05) is 38.1 Å². The van der Waals surface area contributed by atoms with Crippen LogP contribution < -0.4 is 16.8 Å².